The molecule has 0 aliphatic heterocycles. The van der Waals surface area contributed by atoms with E-state index in [1.807, 2.05) is 0 Å². The first-order valence-electron chi connectivity index (χ1n) is 3.57. The lowest BCUT2D eigenvalue weighted by atomic mass is 9.79. The van der Waals surface area contributed by atoms with Gasteiger partial charge in [-0.15, -0.1) is 0 Å². The van der Waals surface area contributed by atoms with E-state index >= 15 is 0 Å². The maximum Gasteiger partial charge on any atom is -0.0131 e. The van der Waals surface area contributed by atoms with E-state index in [9.17, 15) is 0 Å². The van der Waals surface area contributed by atoms with Gasteiger partial charge in [-0.25, -0.2) is 0 Å². The van der Waals surface area contributed by atoms with E-state index in [4.69, 9.17) is 0 Å². The van der Waals surface area contributed by atoms with Crippen LogP contribution in [0.2, 0.25) is 0 Å². The lowest BCUT2D eigenvalue weighted by molar-refractivity contribution is 0.471. The molecule has 0 N–H and O–H groups in total. The summed E-state index contributed by atoms with van der Waals surface area (Å²) in [7, 11) is 0. The van der Waals surface area contributed by atoms with E-state index in [2.05, 4.69) is 39.2 Å². The van der Waals surface area contributed by atoms with Crippen molar-refractivity contribution in [3.05, 3.63) is 36.5 Å². The number of hydrogen-bond acceptors (Lipinski definition) is 0. The van der Waals surface area contributed by atoms with Crippen LogP contribution in [0.1, 0.15) is 20.3 Å². The van der Waals surface area contributed by atoms with Gasteiger partial charge in [0.1, 0.15) is 0 Å². The summed E-state index contributed by atoms with van der Waals surface area (Å²) in [5.41, 5.74) is 2.55. The third kappa shape index (κ3) is 1.38. The molecule has 0 saturated heterocycles. The third-order valence-electron chi connectivity index (χ3n) is 1.86. The summed E-state index contributed by atoms with van der Waals surface area (Å²) in [6.07, 6.45) is 5.30. The minimum absolute atomic E-state index is 0.290. The smallest absolute Gasteiger partial charge is 0.0131 e. The summed E-state index contributed by atoms with van der Waals surface area (Å²) in [5.74, 6) is 0. The Labute approximate surface area is 62.9 Å². The topological polar surface area (TPSA) is 0 Å². The van der Waals surface area contributed by atoms with Gasteiger partial charge in [0, 0.05) is 0 Å². The van der Waals surface area contributed by atoms with Crippen LogP contribution in [-0.4, -0.2) is 0 Å². The van der Waals surface area contributed by atoms with Crippen molar-refractivity contribution in [3.63, 3.8) is 0 Å². The molecule has 0 heterocycles. The highest BCUT2D eigenvalue weighted by Gasteiger charge is 2.19. The monoisotopic (exact) mass is 134 g/mol. The molecule has 0 aromatic carbocycles. The molecule has 0 spiro atoms. The SMILES string of the molecule is C=C1C=CC(C)(C)CC1=C. The first-order chi connectivity index (χ1) is 4.51. The van der Waals surface area contributed by atoms with E-state index < -0.39 is 0 Å². The van der Waals surface area contributed by atoms with Gasteiger partial charge >= 0.3 is 0 Å². The van der Waals surface area contributed by atoms with Gasteiger partial charge < -0.3 is 0 Å². The quantitative estimate of drug-likeness (QED) is 0.477. The molecule has 1 rings (SSSR count). The summed E-state index contributed by atoms with van der Waals surface area (Å²) in [5, 5.41) is 0. The molecule has 0 atom stereocenters. The van der Waals surface area contributed by atoms with Crippen LogP contribution in [0.4, 0.5) is 0 Å². The minimum atomic E-state index is 0.290. The largest absolute Gasteiger partial charge is 0.0952 e. The summed E-state index contributed by atoms with van der Waals surface area (Å²) >= 11 is 0. The van der Waals surface area contributed by atoms with Crippen molar-refractivity contribution < 1.29 is 0 Å². The lowest BCUT2D eigenvalue weighted by Crippen LogP contribution is -2.12. The molecule has 0 unspecified atom stereocenters. The van der Waals surface area contributed by atoms with Crippen molar-refractivity contribution in [3.8, 4) is 0 Å². The van der Waals surface area contributed by atoms with E-state index in [-0.39, 0.29) is 5.41 Å². The minimum Gasteiger partial charge on any atom is -0.0952 e. The van der Waals surface area contributed by atoms with E-state index in [0.717, 1.165) is 12.0 Å². The molecule has 0 nitrogen and oxygen atoms in total. The van der Waals surface area contributed by atoms with Crippen LogP contribution >= 0.6 is 0 Å². The number of hydrogen-bond donors (Lipinski definition) is 0. The zero-order valence-electron chi connectivity index (χ0n) is 6.78. The van der Waals surface area contributed by atoms with Crippen LogP contribution in [0, 0.1) is 5.41 Å². The van der Waals surface area contributed by atoms with Gasteiger partial charge in [0.2, 0.25) is 0 Å². The second-order valence-corrected chi connectivity index (χ2v) is 3.63. The van der Waals surface area contributed by atoms with Crippen molar-refractivity contribution in [2.45, 2.75) is 20.3 Å². The maximum absolute atomic E-state index is 3.94. The van der Waals surface area contributed by atoms with Gasteiger partial charge in [-0.1, -0.05) is 39.2 Å². The van der Waals surface area contributed by atoms with Crippen LogP contribution in [0.25, 0.3) is 0 Å². The molecular formula is C10H14. The zero-order valence-corrected chi connectivity index (χ0v) is 6.78. The van der Waals surface area contributed by atoms with E-state index in [1.54, 1.807) is 0 Å². The first-order valence-corrected chi connectivity index (χ1v) is 3.57. The molecule has 0 radical (unpaired) electrons. The van der Waals surface area contributed by atoms with Crippen LogP contribution in [0.5, 0.6) is 0 Å². The highest BCUT2D eigenvalue weighted by Crippen LogP contribution is 2.33. The van der Waals surface area contributed by atoms with Gasteiger partial charge in [-0.05, 0) is 23.0 Å². The number of rotatable bonds is 0. The predicted octanol–water partition coefficient (Wildman–Crippen LogP) is 3.08. The number of allylic oxidation sites excluding steroid dienone is 4. The zero-order chi connectivity index (χ0) is 7.78. The highest BCUT2D eigenvalue weighted by atomic mass is 14.2. The van der Waals surface area contributed by atoms with Gasteiger partial charge in [0.15, 0.2) is 0 Å². The molecule has 0 aromatic rings. The fourth-order valence-corrected chi connectivity index (χ4v) is 1.17. The molecular weight excluding hydrogens is 120 g/mol. The van der Waals surface area contributed by atoms with Crippen LogP contribution < -0.4 is 0 Å². The third-order valence-corrected chi connectivity index (χ3v) is 1.86. The molecule has 1 aliphatic rings. The normalized spacial score (nSPS) is 23.4. The molecule has 54 valence electrons. The first kappa shape index (κ1) is 7.33. The second kappa shape index (κ2) is 2.12. The van der Waals surface area contributed by atoms with E-state index in [1.165, 1.54) is 5.57 Å². The van der Waals surface area contributed by atoms with Crippen molar-refractivity contribution in [2.75, 3.05) is 0 Å². The maximum atomic E-state index is 3.94. The highest BCUT2D eigenvalue weighted by molar-refractivity contribution is 5.40. The van der Waals surface area contributed by atoms with Crippen LogP contribution in [0.3, 0.4) is 0 Å². The molecule has 0 aromatic heterocycles. The Kier molecular flexibility index (Phi) is 1.55. The van der Waals surface area contributed by atoms with Crippen molar-refractivity contribution in [1.29, 1.82) is 0 Å². The average Bonchev–Trinajstić information content (AvgIpc) is 1.79. The summed E-state index contributed by atoms with van der Waals surface area (Å²) in [6, 6.07) is 0. The van der Waals surface area contributed by atoms with Gasteiger partial charge in [-0.2, -0.15) is 0 Å². The molecule has 0 amide bonds. The van der Waals surface area contributed by atoms with Gasteiger partial charge in [-0.3, -0.25) is 0 Å². The fourth-order valence-electron chi connectivity index (χ4n) is 1.17. The summed E-state index contributed by atoms with van der Waals surface area (Å²) < 4.78 is 0. The Hall–Kier alpha value is -0.780. The van der Waals surface area contributed by atoms with Crippen molar-refractivity contribution in [1.82, 2.24) is 0 Å². The lowest BCUT2D eigenvalue weighted by Gasteiger charge is -2.26. The van der Waals surface area contributed by atoms with Crippen LogP contribution in [-0.2, 0) is 0 Å². The molecule has 1 aliphatic carbocycles. The van der Waals surface area contributed by atoms with Gasteiger partial charge in [0.25, 0.3) is 0 Å². The molecule has 0 fully saturated rings. The Morgan fingerprint density at radius 2 is 2.00 bits per heavy atom. The Balaban J connectivity index is 2.89. The van der Waals surface area contributed by atoms with Crippen molar-refractivity contribution in [2.24, 2.45) is 5.41 Å². The molecule has 10 heavy (non-hydrogen) atoms. The average molecular weight is 134 g/mol. The van der Waals surface area contributed by atoms with Crippen molar-refractivity contribution >= 4 is 0 Å². The standard InChI is InChI=1S/C10H14/c1-8-5-6-10(3,4)7-9(8)2/h5-6H,1-2,7H2,3-4H3. The second-order valence-electron chi connectivity index (χ2n) is 3.63. The Bertz CT molecular complexity index is 204. The summed E-state index contributed by atoms with van der Waals surface area (Å²) in [6.45, 7) is 12.2. The molecule has 0 saturated carbocycles. The summed E-state index contributed by atoms with van der Waals surface area (Å²) in [4.78, 5) is 0. The molecule has 0 bridgehead atoms. The fraction of sp³-hybridized carbons (Fsp3) is 0.400. The van der Waals surface area contributed by atoms with E-state index in [0.29, 0.717) is 0 Å². The predicted molar refractivity (Wildman–Crippen MR) is 45.8 cm³/mol. The Morgan fingerprint density at radius 3 is 2.40 bits per heavy atom. The Morgan fingerprint density at radius 1 is 1.40 bits per heavy atom. The van der Waals surface area contributed by atoms with Gasteiger partial charge in [0.05, 0.1) is 0 Å². The molecule has 0 heteroatoms. The van der Waals surface area contributed by atoms with Crippen LogP contribution in [0.15, 0.2) is 36.5 Å².